The Hall–Kier alpha value is -1.33. The number of halogens is 2. The van der Waals surface area contributed by atoms with Crippen molar-refractivity contribution in [2.45, 2.75) is 0 Å². The lowest BCUT2D eigenvalue weighted by Gasteiger charge is -1.98. The Morgan fingerprint density at radius 1 is 1.38 bits per heavy atom. The molecule has 1 aliphatic rings. The Bertz CT molecular complexity index is 516. The molecule has 3 nitrogen and oxygen atoms in total. The number of nitrogens with one attached hydrogen (secondary N) is 1. The topological polar surface area (TPSA) is 46.2 Å². The van der Waals surface area contributed by atoms with Gasteiger partial charge in [0.15, 0.2) is 0 Å². The second kappa shape index (κ2) is 4.27. The molecule has 0 radical (unpaired) electrons. The van der Waals surface area contributed by atoms with Crippen molar-refractivity contribution >= 4 is 40.6 Å². The number of carbonyl (C=O) groups is 2. The van der Waals surface area contributed by atoms with Crippen LogP contribution in [0.2, 0.25) is 5.02 Å². The van der Waals surface area contributed by atoms with E-state index < -0.39 is 17.0 Å². The Labute approximate surface area is 99.7 Å². The summed E-state index contributed by atoms with van der Waals surface area (Å²) < 4.78 is 13.4. The average molecular weight is 258 g/mol. The van der Waals surface area contributed by atoms with Crippen LogP contribution in [0.15, 0.2) is 23.1 Å². The van der Waals surface area contributed by atoms with Crippen molar-refractivity contribution in [3.05, 3.63) is 39.5 Å². The van der Waals surface area contributed by atoms with Gasteiger partial charge in [0.2, 0.25) is 0 Å². The maximum atomic E-state index is 13.4. The molecule has 1 fully saturated rings. The van der Waals surface area contributed by atoms with Crippen LogP contribution in [0.3, 0.4) is 0 Å². The number of hydrogen-bond donors (Lipinski definition) is 1. The molecule has 6 heteroatoms. The van der Waals surface area contributed by atoms with Gasteiger partial charge in [-0.3, -0.25) is 14.9 Å². The van der Waals surface area contributed by atoms with E-state index in [4.69, 9.17) is 11.6 Å². The number of amides is 2. The molecular weight excluding hydrogens is 253 g/mol. The first kappa shape index (κ1) is 11.2. The first-order valence-corrected chi connectivity index (χ1v) is 5.45. The average Bonchev–Trinajstić information content (AvgIpc) is 2.50. The Morgan fingerprint density at radius 2 is 2.12 bits per heavy atom. The van der Waals surface area contributed by atoms with Crippen LogP contribution in [0.5, 0.6) is 0 Å². The van der Waals surface area contributed by atoms with E-state index in [1.54, 1.807) is 0 Å². The summed E-state index contributed by atoms with van der Waals surface area (Å²) in [6, 6.07) is 4.10. The second-order valence-electron chi connectivity index (χ2n) is 3.02. The molecule has 0 saturated carbocycles. The molecule has 0 atom stereocenters. The zero-order valence-electron chi connectivity index (χ0n) is 7.79. The van der Waals surface area contributed by atoms with Gasteiger partial charge < -0.3 is 0 Å². The van der Waals surface area contributed by atoms with E-state index in [0.717, 1.165) is 17.8 Å². The van der Waals surface area contributed by atoms with Crippen LogP contribution in [0.1, 0.15) is 5.56 Å². The van der Waals surface area contributed by atoms with Gasteiger partial charge >= 0.3 is 0 Å². The van der Waals surface area contributed by atoms with Gasteiger partial charge in [-0.25, -0.2) is 4.39 Å². The van der Waals surface area contributed by atoms with Crippen LogP contribution in [0, 0.1) is 5.82 Å². The largest absolute Gasteiger partial charge is 0.290 e. The highest BCUT2D eigenvalue weighted by Crippen LogP contribution is 2.26. The van der Waals surface area contributed by atoms with E-state index in [2.05, 4.69) is 5.32 Å². The van der Waals surface area contributed by atoms with Gasteiger partial charge in [0.05, 0.1) is 4.91 Å². The van der Waals surface area contributed by atoms with Gasteiger partial charge in [-0.2, -0.15) is 0 Å². The standard InChI is InChI=1S/C10H5ClFNO2S/c11-6-2-1-5(7(12)4-6)3-8-9(14)13-10(15)16-8/h1-4H,(H,13,14,15). The molecular formula is C10H5ClFNO2S. The summed E-state index contributed by atoms with van der Waals surface area (Å²) in [5.41, 5.74) is 0.219. The smallest absolute Gasteiger partial charge is 0.282 e. The van der Waals surface area contributed by atoms with Crippen LogP contribution < -0.4 is 5.32 Å². The van der Waals surface area contributed by atoms with Crippen molar-refractivity contribution in [3.8, 4) is 0 Å². The van der Waals surface area contributed by atoms with Crippen LogP contribution in [-0.2, 0) is 4.79 Å². The predicted molar refractivity (Wildman–Crippen MR) is 60.5 cm³/mol. The van der Waals surface area contributed by atoms with Crippen molar-refractivity contribution in [3.63, 3.8) is 0 Å². The summed E-state index contributed by atoms with van der Waals surface area (Å²) in [5, 5.41) is 1.91. The predicted octanol–water partition coefficient (Wildman–Crippen LogP) is 2.80. The van der Waals surface area contributed by atoms with Crippen molar-refractivity contribution in [1.82, 2.24) is 5.32 Å². The van der Waals surface area contributed by atoms with E-state index in [-0.39, 0.29) is 15.5 Å². The van der Waals surface area contributed by atoms with Crippen LogP contribution in [0.25, 0.3) is 6.08 Å². The molecule has 0 unspecified atom stereocenters. The second-order valence-corrected chi connectivity index (χ2v) is 4.47. The van der Waals surface area contributed by atoms with Gasteiger partial charge in [-0.05, 0) is 30.0 Å². The van der Waals surface area contributed by atoms with Gasteiger partial charge in [-0.15, -0.1) is 0 Å². The lowest BCUT2D eigenvalue weighted by Crippen LogP contribution is -2.17. The highest BCUT2D eigenvalue weighted by Gasteiger charge is 2.25. The SMILES string of the molecule is O=C1NC(=O)C(=Cc2ccc(Cl)cc2F)S1. The summed E-state index contributed by atoms with van der Waals surface area (Å²) >= 11 is 6.33. The fourth-order valence-electron chi connectivity index (χ4n) is 1.18. The molecule has 82 valence electrons. The third kappa shape index (κ3) is 2.25. The Morgan fingerprint density at radius 3 is 2.69 bits per heavy atom. The molecule has 2 amide bonds. The summed E-state index contributed by atoms with van der Waals surface area (Å²) in [7, 11) is 0. The highest BCUT2D eigenvalue weighted by atomic mass is 35.5. The molecule has 1 saturated heterocycles. The monoisotopic (exact) mass is 257 g/mol. The van der Waals surface area contributed by atoms with E-state index in [1.165, 1.54) is 18.2 Å². The van der Waals surface area contributed by atoms with Gasteiger partial charge in [0.1, 0.15) is 5.82 Å². The highest BCUT2D eigenvalue weighted by molar-refractivity contribution is 8.18. The zero-order chi connectivity index (χ0) is 11.7. The Balaban J connectivity index is 2.36. The number of imide groups is 1. The number of thioether (sulfide) groups is 1. The van der Waals surface area contributed by atoms with Crippen molar-refractivity contribution in [2.75, 3.05) is 0 Å². The number of rotatable bonds is 1. The van der Waals surface area contributed by atoms with E-state index in [9.17, 15) is 14.0 Å². The summed E-state index contributed by atoms with van der Waals surface area (Å²) in [4.78, 5) is 22.2. The summed E-state index contributed by atoms with van der Waals surface area (Å²) in [6.45, 7) is 0. The molecule has 2 rings (SSSR count). The van der Waals surface area contributed by atoms with E-state index >= 15 is 0 Å². The third-order valence-corrected chi connectivity index (χ3v) is 2.94. The van der Waals surface area contributed by atoms with Gasteiger partial charge in [0, 0.05) is 10.6 Å². The van der Waals surface area contributed by atoms with Gasteiger partial charge in [-0.1, -0.05) is 17.7 Å². The van der Waals surface area contributed by atoms with Crippen LogP contribution in [0.4, 0.5) is 9.18 Å². The molecule has 1 aromatic rings. The summed E-state index contributed by atoms with van der Waals surface area (Å²) in [6.07, 6.45) is 1.32. The zero-order valence-corrected chi connectivity index (χ0v) is 9.36. The van der Waals surface area contributed by atoms with Gasteiger partial charge in [0.25, 0.3) is 11.1 Å². The number of benzene rings is 1. The molecule has 1 heterocycles. The maximum Gasteiger partial charge on any atom is 0.290 e. The molecule has 0 spiro atoms. The minimum Gasteiger partial charge on any atom is -0.282 e. The molecule has 0 aliphatic carbocycles. The molecule has 1 N–H and O–H groups in total. The van der Waals surface area contributed by atoms with Crippen LogP contribution >= 0.6 is 23.4 Å². The van der Waals surface area contributed by atoms with Crippen molar-refractivity contribution in [2.24, 2.45) is 0 Å². The maximum absolute atomic E-state index is 13.4. The fourth-order valence-corrected chi connectivity index (χ4v) is 2.01. The first-order valence-electron chi connectivity index (χ1n) is 4.26. The molecule has 1 aromatic carbocycles. The van der Waals surface area contributed by atoms with Crippen LogP contribution in [-0.4, -0.2) is 11.1 Å². The molecule has 1 aliphatic heterocycles. The minimum atomic E-state index is -0.534. The lowest BCUT2D eigenvalue weighted by molar-refractivity contribution is -0.115. The lowest BCUT2D eigenvalue weighted by atomic mass is 10.2. The van der Waals surface area contributed by atoms with E-state index in [0.29, 0.717) is 0 Å². The summed E-state index contributed by atoms with van der Waals surface area (Å²) in [5.74, 6) is -1.04. The Kier molecular flexibility index (Phi) is 2.98. The molecule has 0 bridgehead atoms. The van der Waals surface area contributed by atoms with E-state index in [1.807, 2.05) is 0 Å². The third-order valence-electron chi connectivity index (χ3n) is 1.89. The fraction of sp³-hybridized carbons (Fsp3) is 0. The number of hydrogen-bond acceptors (Lipinski definition) is 3. The molecule has 16 heavy (non-hydrogen) atoms. The number of carbonyl (C=O) groups excluding carboxylic acids is 2. The quantitative estimate of drug-likeness (QED) is 0.787. The first-order chi connectivity index (χ1) is 7.56. The van der Waals surface area contributed by atoms with Crippen molar-refractivity contribution in [1.29, 1.82) is 0 Å². The normalized spacial score (nSPS) is 18.0. The minimum absolute atomic E-state index is 0.172. The van der Waals surface area contributed by atoms with Crippen molar-refractivity contribution < 1.29 is 14.0 Å². The molecule has 0 aromatic heterocycles.